The van der Waals surface area contributed by atoms with Crippen LogP contribution in [0, 0.1) is 0 Å². The van der Waals surface area contributed by atoms with Crippen molar-refractivity contribution in [3.8, 4) is 17.1 Å². The van der Waals surface area contributed by atoms with Crippen molar-refractivity contribution in [1.29, 1.82) is 0 Å². The lowest BCUT2D eigenvalue weighted by atomic mass is 10.1. The number of para-hydroxylation sites is 2. The van der Waals surface area contributed by atoms with E-state index in [1.807, 2.05) is 24.3 Å². The fourth-order valence-corrected chi connectivity index (χ4v) is 2.30. The number of ether oxygens (including phenoxy) is 1. The minimum atomic E-state index is -4.80. The van der Waals surface area contributed by atoms with Crippen LogP contribution in [0.3, 0.4) is 0 Å². The molecule has 7 nitrogen and oxygen atoms in total. The van der Waals surface area contributed by atoms with Crippen LogP contribution in [0.2, 0.25) is 0 Å². The summed E-state index contributed by atoms with van der Waals surface area (Å²) >= 11 is 0. The maximum absolute atomic E-state index is 12.5. The van der Waals surface area contributed by atoms with E-state index in [0.717, 1.165) is 11.1 Å². The molecule has 0 saturated carbocycles. The predicted molar refractivity (Wildman–Crippen MR) is 93.9 cm³/mol. The molecule has 0 radical (unpaired) electrons. The number of guanidine groups is 1. The number of rotatable bonds is 5. The average molecular weight is 376 g/mol. The van der Waals surface area contributed by atoms with E-state index >= 15 is 0 Å². The Hall–Kier alpha value is -3.56. The first kappa shape index (κ1) is 18.2. The first-order valence-electron chi connectivity index (χ1n) is 7.77. The zero-order valence-electron chi connectivity index (χ0n) is 13.9. The third-order valence-corrected chi connectivity index (χ3v) is 3.42. The number of nitrogens with zero attached hydrogens (tertiary/aromatic N) is 3. The van der Waals surface area contributed by atoms with Crippen LogP contribution in [-0.2, 0) is 6.54 Å². The summed E-state index contributed by atoms with van der Waals surface area (Å²) in [6.45, 7) is 0.225. The quantitative estimate of drug-likeness (QED) is 0.469. The maximum atomic E-state index is 12.5. The van der Waals surface area contributed by atoms with Gasteiger partial charge in [-0.3, -0.25) is 5.10 Å². The van der Waals surface area contributed by atoms with Crippen molar-refractivity contribution in [1.82, 2.24) is 15.2 Å². The van der Waals surface area contributed by atoms with Crippen LogP contribution in [0.1, 0.15) is 5.56 Å². The van der Waals surface area contributed by atoms with E-state index in [-0.39, 0.29) is 18.2 Å². The number of halogens is 3. The molecule has 0 aliphatic carbocycles. The molecule has 3 aromatic rings. The highest BCUT2D eigenvalue weighted by Crippen LogP contribution is 2.29. The molecule has 0 bridgehead atoms. The summed E-state index contributed by atoms with van der Waals surface area (Å²) in [4.78, 5) is 8.22. The Bertz CT molecular complexity index is 924. The first-order chi connectivity index (χ1) is 12.9. The van der Waals surface area contributed by atoms with Crippen LogP contribution in [-0.4, -0.2) is 27.5 Å². The summed E-state index contributed by atoms with van der Waals surface area (Å²) < 4.78 is 41.3. The molecule has 0 unspecified atom stereocenters. The number of hydrogen-bond donors (Lipinski definition) is 3. The van der Waals surface area contributed by atoms with Gasteiger partial charge in [-0.25, -0.2) is 9.98 Å². The number of H-pyrrole nitrogens is 1. The number of aromatic nitrogens is 3. The molecule has 4 N–H and O–H groups in total. The third-order valence-electron chi connectivity index (χ3n) is 3.42. The SMILES string of the molecule is NC(=NCc1cccc(-c2ncn[nH]2)c1)Nc1ccccc1OC(F)(F)F. The monoisotopic (exact) mass is 376 g/mol. The van der Waals surface area contributed by atoms with Gasteiger partial charge in [-0.15, -0.1) is 13.2 Å². The molecule has 2 aromatic carbocycles. The van der Waals surface area contributed by atoms with E-state index in [1.54, 1.807) is 6.07 Å². The van der Waals surface area contributed by atoms with Crippen molar-refractivity contribution >= 4 is 11.6 Å². The number of aromatic amines is 1. The van der Waals surface area contributed by atoms with Crippen LogP contribution < -0.4 is 15.8 Å². The second kappa shape index (κ2) is 7.77. The largest absolute Gasteiger partial charge is 0.573 e. The summed E-state index contributed by atoms with van der Waals surface area (Å²) in [6, 6.07) is 13.0. The van der Waals surface area contributed by atoms with Crippen LogP contribution in [0.4, 0.5) is 18.9 Å². The summed E-state index contributed by atoms with van der Waals surface area (Å²) in [7, 11) is 0. The standard InChI is InChI=1S/C17H15F3N6O/c18-17(19,20)27-14-7-2-1-6-13(14)25-16(21)22-9-11-4-3-5-12(8-11)15-23-10-24-26-15/h1-8,10H,9H2,(H3,21,22,25)(H,23,24,26). The summed E-state index contributed by atoms with van der Waals surface area (Å²) in [5.74, 6) is 0.180. The molecule has 10 heteroatoms. The van der Waals surface area contributed by atoms with Gasteiger partial charge < -0.3 is 15.8 Å². The molecule has 0 atom stereocenters. The van der Waals surface area contributed by atoms with E-state index in [0.29, 0.717) is 5.82 Å². The number of nitrogens with one attached hydrogen (secondary N) is 2. The molecule has 1 aromatic heterocycles. The lowest BCUT2D eigenvalue weighted by Gasteiger charge is -2.14. The van der Waals surface area contributed by atoms with Crippen molar-refractivity contribution in [2.75, 3.05) is 5.32 Å². The van der Waals surface area contributed by atoms with E-state index < -0.39 is 12.1 Å². The minimum absolute atomic E-state index is 0.0432. The zero-order chi connectivity index (χ0) is 19.3. The molecule has 0 spiro atoms. The highest BCUT2D eigenvalue weighted by molar-refractivity contribution is 5.93. The maximum Gasteiger partial charge on any atom is 0.573 e. The molecule has 0 aliphatic rings. The minimum Gasteiger partial charge on any atom is -0.404 e. The number of aliphatic imine (C=N–C) groups is 1. The Kier molecular flexibility index (Phi) is 5.25. The molecule has 140 valence electrons. The van der Waals surface area contributed by atoms with Gasteiger partial charge in [0.15, 0.2) is 17.5 Å². The Morgan fingerprint density at radius 3 is 2.74 bits per heavy atom. The number of anilines is 1. The fourth-order valence-electron chi connectivity index (χ4n) is 2.30. The zero-order valence-corrected chi connectivity index (χ0v) is 13.9. The Balaban J connectivity index is 1.70. The van der Waals surface area contributed by atoms with Crippen molar-refractivity contribution in [3.63, 3.8) is 0 Å². The normalized spacial score (nSPS) is 12.0. The van der Waals surface area contributed by atoms with Crippen molar-refractivity contribution in [2.24, 2.45) is 10.7 Å². The number of hydrogen-bond acceptors (Lipinski definition) is 4. The lowest BCUT2D eigenvalue weighted by molar-refractivity contribution is -0.274. The van der Waals surface area contributed by atoms with Crippen molar-refractivity contribution < 1.29 is 17.9 Å². The van der Waals surface area contributed by atoms with Gasteiger partial charge in [0.05, 0.1) is 12.2 Å². The number of alkyl halides is 3. The summed E-state index contributed by atoms with van der Waals surface area (Å²) in [5, 5.41) is 9.18. The van der Waals surface area contributed by atoms with Crippen LogP contribution in [0.25, 0.3) is 11.4 Å². The highest BCUT2D eigenvalue weighted by atomic mass is 19.4. The Labute approximate surface area is 152 Å². The average Bonchev–Trinajstić information content (AvgIpc) is 3.15. The molecule has 1 heterocycles. The van der Waals surface area contributed by atoms with E-state index in [2.05, 4.69) is 30.2 Å². The number of nitrogens with two attached hydrogens (primary N) is 1. The van der Waals surface area contributed by atoms with Crippen LogP contribution >= 0.6 is 0 Å². The second-order valence-corrected chi connectivity index (χ2v) is 5.40. The highest BCUT2D eigenvalue weighted by Gasteiger charge is 2.32. The van der Waals surface area contributed by atoms with Gasteiger partial charge in [-0.2, -0.15) is 5.10 Å². The predicted octanol–water partition coefficient (Wildman–Crippen LogP) is 3.30. The Morgan fingerprint density at radius 1 is 1.19 bits per heavy atom. The van der Waals surface area contributed by atoms with Gasteiger partial charge in [0.1, 0.15) is 6.33 Å². The van der Waals surface area contributed by atoms with Gasteiger partial charge in [-0.1, -0.05) is 30.3 Å². The lowest BCUT2D eigenvalue weighted by Crippen LogP contribution is -2.24. The van der Waals surface area contributed by atoms with Gasteiger partial charge in [0, 0.05) is 5.56 Å². The van der Waals surface area contributed by atoms with E-state index in [4.69, 9.17) is 5.73 Å². The van der Waals surface area contributed by atoms with Crippen molar-refractivity contribution in [3.05, 3.63) is 60.4 Å². The topological polar surface area (TPSA) is 101 Å². The van der Waals surface area contributed by atoms with Crippen LogP contribution in [0.5, 0.6) is 5.75 Å². The fraction of sp³-hybridized carbons (Fsp3) is 0.118. The number of benzene rings is 2. The molecule has 0 amide bonds. The summed E-state index contributed by atoms with van der Waals surface area (Å²) in [5.41, 5.74) is 7.52. The molecule has 3 rings (SSSR count). The van der Waals surface area contributed by atoms with Gasteiger partial charge >= 0.3 is 6.36 Å². The van der Waals surface area contributed by atoms with E-state index in [9.17, 15) is 13.2 Å². The van der Waals surface area contributed by atoms with Crippen LogP contribution in [0.15, 0.2) is 59.9 Å². The first-order valence-corrected chi connectivity index (χ1v) is 7.77. The van der Waals surface area contributed by atoms with Gasteiger partial charge in [0.2, 0.25) is 0 Å². The Morgan fingerprint density at radius 2 is 2.00 bits per heavy atom. The molecule has 0 aliphatic heterocycles. The molecular weight excluding hydrogens is 361 g/mol. The van der Waals surface area contributed by atoms with Gasteiger partial charge in [0.25, 0.3) is 0 Å². The van der Waals surface area contributed by atoms with E-state index in [1.165, 1.54) is 24.5 Å². The summed E-state index contributed by atoms with van der Waals surface area (Å²) in [6.07, 6.45) is -3.40. The molecule has 27 heavy (non-hydrogen) atoms. The van der Waals surface area contributed by atoms with Gasteiger partial charge in [-0.05, 0) is 23.8 Å². The smallest absolute Gasteiger partial charge is 0.404 e. The molecule has 0 saturated heterocycles. The third kappa shape index (κ3) is 5.21. The molecule has 0 fully saturated rings. The second-order valence-electron chi connectivity index (χ2n) is 5.40. The molecular formula is C17H15F3N6O. The van der Waals surface area contributed by atoms with Crippen molar-refractivity contribution in [2.45, 2.75) is 12.9 Å².